The van der Waals surface area contributed by atoms with Crippen LogP contribution in [-0.4, -0.2) is 34.9 Å². The number of halogens is 3. The third-order valence-corrected chi connectivity index (χ3v) is 3.39. The largest absolute Gasteiger partial charge is 0.479 e. The van der Waals surface area contributed by atoms with Crippen molar-refractivity contribution in [1.82, 2.24) is 10.6 Å². The van der Waals surface area contributed by atoms with Crippen LogP contribution in [0.5, 0.6) is 0 Å². The number of aliphatic carboxylic acids is 1. The van der Waals surface area contributed by atoms with Gasteiger partial charge in [0.25, 0.3) is 0 Å². The van der Waals surface area contributed by atoms with Gasteiger partial charge in [-0.1, -0.05) is 6.92 Å². The fourth-order valence-corrected chi connectivity index (χ4v) is 2.03. The average Bonchev–Trinajstić information content (AvgIpc) is 2.61. The average molecular weight is 282 g/mol. The summed E-state index contributed by atoms with van der Waals surface area (Å²) in [7, 11) is 0. The van der Waals surface area contributed by atoms with Crippen LogP contribution >= 0.6 is 0 Å². The zero-order chi connectivity index (χ0) is 14.8. The van der Waals surface area contributed by atoms with Crippen LogP contribution in [0.1, 0.15) is 33.1 Å². The molecule has 1 aliphatic carbocycles. The number of carbonyl (C=O) groups excluding carboxylic acids is 1. The molecule has 1 fully saturated rings. The summed E-state index contributed by atoms with van der Waals surface area (Å²) in [6.45, 7) is 2.41. The minimum atomic E-state index is -5.07. The Bertz CT molecular complexity index is 373. The topological polar surface area (TPSA) is 78.4 Å². The quantitative estimate of drug-likeness (QED) is 0.739. The fourth-order valence-electron chi connectivity index (χ4n) is 2.03. The maximum Gasteiger partial charge on any atom is 0.422 e. The summed E-state index contributed by atoms with van der Waals surface area (Å²) in [5.74, 6) is -1.74. The van der Waals surface area contributed by atoms with E-state index in [-0.39, 0.29) is 6.04 Å². The maximum absolute atomic E-state index is 12.7. The molecule has 1 rings (SSSR count). The second-order valence-corrected chi connectivity index (χ2v) is 5.14. The Morgan fingerprint density at radius 3 is 2.21 bits per heavy atom. The van der Waals surface area contributed by atoms with Gasteiger partial charge in [-0.25, -0.2) is 9.59 Å². The lowest BCUT2D eigenvalue weighted by Gasteiger charge is -2.29. The van der Waals surface area contributed by atoms with E-state index in [1.807, 2.05) is 6.92 Å². The Morgan fingerprint density at radius 1 is 1.26 bits per heavy atom. The first-order valence-corrected chi connectivity index (χ1v) is 5.95. The van der Waals surface area contributed by atoms with Gasteiger partial charge in [0.2, 0.25) is 5.54 Å². The molecule has 0 aromatic heterocycles. The summed E-state index contributed by atoms with van der Waals surface area (Å²) >= 11 is 0. The molecule has 5 nitrogen and oxygen atoms in total. The number of alkyl halides is 3. The third kappa shape index (κ3) is 3.51. The van der Waals surface area contributed by atoms with Gasteiger partial charge in [0.15, 0.2) is 0 Å². The number of amides is 2. The lowest BCUT2D eigenvalue weighted by atomic mass is 10.0. The summed E-state index contributed by atoms with van der Waals surface area (Å²) < 4.78 is 38.0. The smallest absolute Gasteiger partial charge is 0.422 e. The van der Waals surface area contributed by atoms with Gasteiger partial charge in [-0.2, -0.15) is 13.2 Å². The van der Waals surface area contributed by atoms with E-state index in [4.69, 9.17) is 5.11 Å². The number of hydrogen-bond donors (Lipinski definition) is 3. The molecule has 3 atom stereocenters. The Morgan fingerprint density at radius 2 is 1.84 bits per heavy atom. The van der Waals surface area contributed by atoms with Gasteiger partial charge in [-0.15, -0.1) is 0 Å². The Hall–Kier alpha value is -1.47. The summed E-state index contributed by atoms with van der Waals surface area (Å²) in [4.78, 5) is 22.2. The van der Waals surface area contributed by atoms with Crippen molar-refractivity contribution in [2.45, 2.75) is 50.9 Å². The molecule has 3 N–H and O–H groups in total. The van der Waals surface area contributed by atoms with Crippen LogP contribution in [0, 0.1) is 5.92 Å². The molecule has 8 heteroatoms. The van der Waals surface area contributed by atoms with Crippen molar-refractivity contribution >= 4 is 12.0 Å². The van der Waals surface area contributed by atoms with E-state index < -0.39 is 23.7 Å². The highest BCUT2D eigenvalue weighted by Gasteiger charge is 2.58. The molecule has 0 aromatic rings. The minimum absolute atomic E-state index is 0.207. The molecule has 19 heavy (non-hydrogen) atoms. The number of nitrogens with one attached hydrogen (secondary N) is 2. The Labute approximate surface area is 108 Å². The maximum atomic E-state index is 12.7. The van der Waals surface area contributed by atoms with Crippen LogP contribution in [-0.2, 0) is 4.79 Å². The lowest BCUT2D eigenvalue weighted by molar-refractivity contribution is -0.203. The van der Waals surface area contributed by atoms with Crippen molar-refractivity contribution in [2.75, 3.05) is 0 Å². The van der Waals surface area contributed by atoms with E-state index in [0.29, 0.717) is 25.7 Å². The van der Waals surface area contributed by atoms with Gasteiger partial charge < -0.3 is 15.7 Å². The number of carboxylic acid groups (broad SMARTS) is 1. The number of hydrogen-bond acceptors (Lipinski definition) is 2. The molecule has 1 aliphatic rings. The van der Waals surface area contributed by atoms with E-state index in [1.54, 1.807) is 0 Å². The molecule has 0 aromatic carbocycles. The number of carbonyl (C=O) groups is 2. The van der Waals surface area contributed by atoms with Crippen molar-refractivity contribution in [1.29, 1.82) is 0 Å². The van der Waals surface area contributed by atoms with Gasteiger partial charge >= 0.3 is 18.2 Å². The molecule has 0 bridgehead atoms. The van der Waals surface area contributed by atoms with Crippen LogP contribution in [0.3, 0.4) is 0 Å². The normalized spacial score (nSPS) is 26.6. The first kappa shape index (κ1) is 15.6. The Kier molecular flexibility index (Phi) is 4.32. The number of rotatable bonds is 3. The second-order valence-electron chi connectivity index (χ2n) is 5.14. The van der Waals surface area contributed by atoms with Crippen LogP contribution in [0.15, 0.2) is 0 Å². The van der Waals surface area contributed by atoms with E-state index in [9.17, 15) is 22.8 Å². The highest BCUT2D eigenvalue weighted by atomic mass is 19.4. The molecule has 0 heterocycles. The number of urea groups is 1. The van der Waals surface area contributed by atoms with E-state index in [0.717, 1.165) is 6.42 Å². The van der Waals surface area contributed by atoms with E-state index in [1.165, 1.54) is 5.32 Å². The Balaban J connectivity index is 2.65. The van der Waals surface area contributed by atoms with Gasteiger partial charge in [0, 0.05) is 6.04 Å². The van der Waals surface area contributed by atoms with Crippen molar-refractivity contribution in [3.05, 3.63) is 0 Å². The predicted molar refractivity (Wildman–Crippen MR) is 60.6 cm³/mol. The fraction of sp³-hybridized carbons (Fsp3) is 0.818. The van der Waals surface area contributed by atoms with Crippen molar-refractivity contribution in [3.8, 4) is 0 Å². The minimum Gasteiger partial charge on any atom is -0.479 e. The van der Waals surface area contributed by atoms with Crippen LogP contribution in [0.2, 0.25) is 0 Å². The van der Waals surface area contributed by atoms with Gasteiger partial charge in [-0.3, -0.25) is 0 Å². The summed E-state index contributed by atoms with van der Waals surface area (Å²) in [5.41, 5.74) is -3.29. The summed E-state index contributed by atoms with van der Waals surface area (Å²) in [6.07, 6.45) is -2.81. The molecule has 0 spiro atoms. The zero-order valence-corrected chi connectivity index (χ0v) is 10.7. The first-order chi connectivity index (χ1) is 8.56. The number of carboxylic acids is 1. The molecule has 110 valence electrons. The van der Waals surface area contributed by atoms with E-state index >= 15 is 0 Å². The van der Waals surface area contributed by atoms with Crippen molar-refractivity contribution in [2.24, 2.45) is 5.92 Å². The van der Waals surface area contributed by atoms with Crippen LogP contribution < -0.4 is 10.6 Å². The molecule has 1 saturated carbocycles. The van der Waals surface area contributed by atoms with E-state index in [2.05, 4.69) is 5.32 Å². The molecule has 3 unspecified atom stereocenters. The van der Waals surface area contributed by atoms with Crippen LogP contribution in [0.25, 0.3) is 0 Å². The molecule has 2 amide bonds. The molecule has 0 radical (unpaired) electrons. The van der Waals surface area contributed by atoms with Gasteiger partial charge in [0.1, 0.15) is 0 Å². The van der Waals surface area contributed by atoms with Crippen molar-refractivity contribution < 1.29 is 27.9 Å². The summed E-state index contributed by atoms with van der Waals surface area (Å²) in [5, 5.41) is 12.5. The SMILES string of the molecule is CC1CCC(NC(=O)NC(C)(C(=O)O)C(F)(F)F)C1. The highest BCUT2D eigenvalue weighted by Crippen LogP contribution is 2.30. The third-order valence-electron chi connectivity index (χ3n) is 3.39. The summed E-state index contributed by atoms with van der Waals surface area (Å²) in [6, 6.07) is -1.32. The molecule has 0 saturated heterocycles. The molecule has 0 aliphatic heterocycles. The molecular formula is C11H17F3N2O3. The van der Waals surface area contributed by atoms with Gasteiger partial charge in [-0.05, 0) is 32.1 Å². The van der Waals surface area contributed by atoms with Crippen molar-refractivity contribution in [3.63, 3.8) is 0 Å². The molecular weight excluding hydrogens is 265 g/mol. The lowest BCUT2D eigenvalue weighted by Crippen LogP contribution is -2.64. The monoisotopic (exact) mass is 282 g/mol. The van der Waals surface area contributed by atoms with Gasteiger partial charge in [0.05, 0.1) is 0 Å². The highest BCUT2D eigenvalue weighted by molar-refractivity contribution is 5.86. The first-order valence-electron chi connectivity index (χ1n) is 5.95. The standard InChI is InChI=1S/C11H17F3N2O3/c1-6-3-4-7(5-6)15-9(19)16-10(2,8(17)18)11(12,13)14/h6-7H,3-5H2,1-2H3,(H,17,18)(H2,15,16,19). The van der Waals surface area contributed by atoms with Crippen LogP contribution in [0.4, 0.5) is 18.0 Å². The predicted octanol–water partition coefficient (Wildman–Crippen LogP) is 1.88. The second kappa shape index (κ2) is 5.26. The zero-order valence-electron chi connectivity index (χ0n) is 10.7.